The maximum atomic E-state index is 4.85. The summed E-state index contributed by atoms with van der Waals surface area (Å²) in [5.41, 5.74) is 10.7. The molecular formula is C32H42FeN3. The van der Waals surface area contributed by atoms with Gasteiger partial charge in [0, 0.05) is 23.7 Å². The van der Waals surface area contributed by atoms with E-state index >= 15 is 0 Å². The van der Waals surface area contributed by atoms with Gasteiger partial charge in [0.2, 0.25) is 0 Å². The van der Waals surface area contributed by atoms with Crippen molar-refractivity contribution >= 4 is 21.7 Å². The quantitative estimate of drug-likeness (QED) is 0.249. The van der Waals surface area contributed by atoms with Gasteiger partial charge in [0.25, 0.3) is 0 Å². The molecule has 0 radical (unpaired) electrons. The van der Waals surface area contributed by atoms with E-state index in [1.54, 1.807) is 6.20 Å². The van der Waals surface area contributed by atoms with Gasteiger partial charge >= 0.3 is 87.8 Å². The second kappa shape index (κ2) is 12.1. The van der Waals surface area contributed by atoms with Crippen LogP contribution in [0.15, 0.2) is 64.8 Å². The summed E-state index contributed by atoms with van der Waals surface area (Å²) in [5, 5.41) is 0. The first-order chi connectivity index (χ1) is 16.6. The summed E-state index contributed by atoms with van der Waals surface area (Å²) in [4.78, 5) is 13.4. The number of nitrogens with zero attached hydrogens (tertiary/aromatic N) is 3. The zero-order valence-corrected chi connectivity index (χ0v) is 25.0. The van der Waals surface area contributed by atoms with E-state index in [9.17, 15) is 0 Å². The molecule has 2 aromatic carbocycles. The van der Waals surface area contributed by atoms with E-state index in [1.807, 2.05) is 32.2 Å². The minimum absolute atomic E-state index is 0.105. The van der Waals surface area contributed by atoms with E-state index in [-0.39, 0.29) is 10.8 Å². The molecule has 0 atom stereocenters. The number of aryl methyl sites for hydroxylation is 3. The van der Waals surface area contributed by atoms with E-state index in [0.717, 1.165) is 27.3 Å². The van der Waals surface area contributed by atoms with Gasteiger partial charge in [-0.25, -0.2) is 0 Å². The molecule has 3 nitrogen and oxygen atoms in total. The molecule has 0 fully saturated rings. The predicted octanol–water partition coefficient (Wildman–Crippen LogP) is 9.03. The van der Waals surface area contributed by atoms with E-state index < -0.39 is 0 Å². The van der Waals surface area contributed by atoms with E-state index in [2.05, 4.69) is 119 Å². The molecule has 0 bridgehead atoms. The Morgan fingerprint density at radius 2 is 1.31 bits per heavy atom. The normalized spacial score (nSPS) is 12.8. The molecule has 3 aromatic rings. The Bertz CT molecular complexity index is 1180. The molecule has 1 heterocycles. The van der Waals surface area contributed by atoms with Gasteiger partial charge in [0.1, 0.15) is 0 Å². The second-order valence-electron chi connectivity index (χ2n) is 11.5. The van der Waals surface area contributed by atoms with Crippen molar-refractivity contribution in [2.45, 2.75) is 87.0 Å². The van der Waals surface area contributed by atoms with Crippen molar-refractivity contribution in [3.63, 3.8) is 0 Å². The molecule has 0 unspecified atom stereocenters. The number of pyridine rings is 1. The monoisotopic (exact) mass is 524 g/mol. The van der Waals surface area contributed by atoms with Crippen LogP contribution in [-0.2, 0) is 26.8 Å². The molecule has 36 heavy (non-hydrogen) atoms. The Hall–Kier alpha value is -2.55. The van der Waals surface area contributed by atoms with Gasteiger partial charge in [0.05, 0.1) is 5.69 Å². The zero-order chi connectivity index (χ0) is 27.3. The second-order valence-corrected chi connectivity index (χ2v) is 12.3. The first kappa shape index (κ1) is 29.7. The molecular weight excluding hydrogens is 482 g/mol. The fourth-order valence-corrected chi connectivity index (χ4v) is 4.00. The molecule has 0 aliphatic heterocycles. The molecule has 0 saturated carbocycles. The average Bonchev–Trinajstić information content (AvgIpc) is 2.76. The van der Waals surface area contributed by atoms with Crippen LogP contribution in [0.25, 0.3) is 0 Å². The van der Waals surface area contributed by atoms with Crippen LogP contribution in [0, 0.1) is 20.8 Å². The predicted molar refractivity (Wildman–Crippen MR) is 153 cm³/mol. The summed E-state index contributed by atoms with van der Waals surface area (Å²) in [6.07, 6.45) is 3.64. The number of benzene rings is 2. The van der Waals surface area contributed by atoms with Crippen LogP contribution >= 0.6 is 0 Å². The van der Waals surface area contributed by atoms with Crippen LogP contribution in [-0.4, -0.2) is 15.3 Å². The fourth-order valence-electron chi connectivity index (χ4n) is 3.88. The van der Waals surface area contributed by atoms with Crippen molar-refractivity contribution in [3.05, 3.63) is 88.2 Å². The Morgan fingerprint density at radius 1 is 0.778 bits per heavy atom. The summed E-state index contributed by atoms with van der Waals surface area (Å²) < 4.78 is 0.857. The number of hydrogen-bond acceptors (Lipinski definition) is 3. The number of aromatic nitrogens is 1. The Labute approximate surface area is 227 Å². The average molecular weight is 525 g/mol. The molecule has 0 N–H and O–H groups in total. The van der Waals surface area contributed by atoms with Gasteiger partial charge in [-0.2, -0.15) is 0 Å². The SMILES string of the molecule is CC(=Nc1cc(C(C)(C)C)cc(C(C)(C)C)c1)c1cccnc1.C[C]([Fe])=Nc1c(C)cc(C)cc1C. The first-order valence-electron chi connectivity index (χ1n) is 12.5. The molecule has 4 heteroatoms. The molecule has 0 spiro atoms. The Balaban J connectivity index is 0.000000297. The van der Waals surface area contributed by atoms with E-state index in [4.69, 9.17) is 4.99 Å². The molecule has 0 aliphatic rings. The van der Waals surface area contributed by atoms with Crippen LogP contribution in [0.2, 0.25) is 0 Å². The zero-order valence-electron chi connectivity index (χ0n) is 23.9. The van der Waals surface area contributed by atoms with Crippen molar-refractivity contribution in [2.24, 2.45) is 9.98 Å². The van der Waals surface area contributed by atoms with Gasteiger partial charge in [-0.15, -0.1) is 0 Å². The van der Waals surface area contributed by atoms with Gasteiger partial charge in [-0.05, 0) is 47.1 Å². The van der Waals surface area contributed by atoms with Gasteiger partial charge in [0.15, 0.2) is 0 Å². The molecule has 0 amide bonds. The Morgan fingerprint density at radius 3 is 1.72 bits per heavy atom. The molecule has 1 aromatic heterocycles. The summed E-state index contributed by atoms with van der Waals surface area (Å²) >= 11 is 3.79. The van der Waals surface area contributed by atoms with E-state index in [1.165, 1.54) is 27.8 Å². The van der Waals surface area contributed by atoms with Gasteiger partial charge in [-0.3, -0.25) is 9.98 Å². The first-order valence-corrected chi connectivity index (χ1v) is 13.0. The summed E-state index contributed by atoms with van der Waals surface area (Å²) in [6, 6.07) is 15.0. The number of hydrogen-bond donors (Lipinski definition) is 0. The Kier molecular flexibility index (Phi) is 10.00. The van der Waals surface area contributed by atoms with Gasteiger partial charge in [-0.1, -0.05) is 53.7 Å². The standard InChI is InChI=1S/C21H28N2.C11H14N.Fe/c1-15(16-9-8-10-22-14-16)23-19-12-17(20(2,3)4)11-18(13-19)21(5,6)7;1-5-12-11-9(3)6-8(2)7-10(11)4;/h8-14H,1-7H3;6-7H,1-4H3;. The maximum absolute atomic E-state index is 4.85. The van der Waals surface area contributed by atoms with E-state index in [0.29, 0.717) is 0 Å². The van der Waals surface area contributed by atoms with Crippen LogP contribution in [0.3, 0.4) is 0 Å². The number of rotatable bonds is 3. The third kappa shape index (κ3) is 8.83. The molecule has 0 aliphatic carbocycles. The minimum atomic E-state index is 0.105. The third-order valence-electron chi connectivity index (χ3n) is 5.92. The van der Waals surface area contributed by atoms with Crippen LogP contribution in [0.1, 0.15) is 88.8 Å². The fraction of sp³-hybridized carbons (Fsp3) is 0.406. The van der Waals surface area contributed by atoms with Crippen LogP contribution in [0.5, 0.6) is 0 Å². The van der Waals surface area contributed by atoms with Crippen molar-refractivity contribution in [2.75, 3.05) is 0 Å². The van der Waals surface area contributed by atoms with Crippen LogP contribution < -0.4 is 0 Å². The van der Waals surface area contributed by atoms with Crippen molar-refractivity contribution in [3.8, 4) is 0 Å². The summed E-state index contributed by atoms with van der Waals surface area (Å²) in [7, 11) is 0. The summed E-state index contributed by atoms with van der Waals surface area (Å²) in [6.45, 7) is 23.7. The molecule has 0 saturated heterocycles. The third-order valence-corrected chi connectivity index (χ3v) is 6.05. The van der Waals surface area contributed by atoms with Crippen molar-refractivity contribution < 1.29 is 16.0 Å². The molecule has 193 valence electrons. The number of aliphatic imine (C=N–C) groups is 2. The van der Waals surface area contributed by atoms with Gasteiger partial charge < -0.3 is 0 Å². The molecule has 3 rings (SSSR count). The topological polar surface area (TPSA) is 37.6 Å². The van der Waals surface area contributed by atoms with Crippen LogP contribution in [0.4, 0.5) is 11.4 Å². The van der Waals surface area contributed by atoms with Crippen molar-refractivity contribution in [1.82, 2.24) is 4.98 Å². The van der Waals surface area contributed by atoms with Crippen molar-refractivity contribution in [1.29, 1.82) is 0 Å². The summed E-state index contributed by atoms with van der Waals surface area (Å²) in [5.74, 6) is 0.